The molecule has 1 atom stereocenters. The summed E-state index contributed by atoms with van der Waals surface area (Å²) in [5, 5.41) is 3.48. The number of amides is 2. The Kier molecular flexibility index (Phi) is 4.61. The summed E-state index contributed by atoms with van der Waals surface area (Å²) in [7, 11) is 0. The predicted molar refractivity (Wildman–Crippen MR) is 109 cm³/mol. The topological polar surface area (TPSA) is 61.8 Å². The minimum atomic E-state index is -1.42. The average Bonchev–Trinajstić information content (AvgIpc) is 2.95. The number of amidine groups is 1. The molecule has 0 bridgehead atoms. The lowest BCUT2D eigenvalue weighted by Crippen LogP contribution is -2.55. The van der Waals surface area contributed by atoms with Gasteiger partial charge in [0.25, 0.3) is 11.8 Å². The molecule has 2 aliphatic rings. The molecule has 0 saturated carbocycles. The van der Waals surface area contributed by atoms with Gasteiger partial charge in [-0.2, -0.15) is 0 Å². The number of aliphatic imine (C=N–C) groups is 1. The zero-order chi connectivity index (χ0) is 19.7. The molecule has 2 aromatic rings. The highest BCUT2D eigenvalue weighted by atomic mass is 35.5. The van der Waals surface area contributed by atoms with E-state index < -0.39 is 5.66 Å². The van der Waals surface area contributed by atoms with Crippen molar-refractivity contribution in [1.29, 1.82) is 0 Å². The van der Waals surface area contributed by atoms with Crippen LogP contribution in [0.1, 0.15) is 22.8 Å². The van der Waals surface area contributed by atoms with Gasteiger partial charge in [-0.15, -0.1) is 0 Å². The van der Waals surface area contributed by atoms with E-state index in [-0.39, 0.29) is 18.2 Å². The van der Waals surface area contributed by atoms with E-state index in [4.69, 9.17) is 11.6 Å². The van der Waals surface area contributed by atoms with E-state index in [2.05, 4.69) is 10.3 Å². The van der Waals surface area contributed by atoms with Crippen LogP contribution >= 0.6 is 11.6 Å². The lowest BCUT2D eigenvalue weighted by atomic mass is 9.98. The molecule has 2 aromatic carbocycles. The molecule has 0 spiro atoms. The molecule has 28 heavy (non-hydrogen) atoms. The minimum Gasteiger partial charge on any atom is -0.320 e. The molecule has 140 valence electrons. The fraction of sp³-hybridized carbons (Fsp3) is 0.136. The molecule has 0 aromatic heterocycles. The second kappa shape index (κ2) is 7.09. The minimum absolute atomic E-state index is 0.225. The van der Waals surface area contributed by atoms with Gasteiger partial charge in [0.05, 0.1) is 0 Å². The van der Waals surface area contributed by atoms with E-state index in [1.54, 1.807) is 42.6 Å². The summed E-state index contributed by atoms with van der Waals surface area (Å²) in [5.41, 5.74) is 0.888. The van der Waals surface area contributed by atoms with Crippen molar-refractivity contribution >= 4 is 29.3 Å². The van der Waals surface area contributed by atoms with E-state index in [9.17, 15) is 9.59 Å². The van der Waals surface area contributed by atoms with Crippen LogP contribution < -0.4 is 5.32 Å². The molecular weight excluding hydrogens is 374 g/mol. The molecule has 0 aliphatic carbocycles. The van der Waals surface area contributed by atoms with E-state index in [1.807, 2.05) is 37.3 Å². The Hall–Kier alpha value is -3.18. The summed E-state index contributed by atoms with van der Waals surface area (Å²) in [6.07, 6.45) is 5.58. The van der Waals surface area contributed by atoms with Gasteiger partial charge >= 0.3 is 0 Å². The monoisotopic (exact) mass is 391 g/mol. The van der Waals surface area contributed by atoms with Gasteiger partial charge in [-0.3, -0.25) is 14.5 Å². The number of fused-ring (bicyclic) bond motifs is 1. The maximum atomic E-state index is 13.3. The van der Waals surface area contributed by atoms with Gasteiger partial charge in [-0.1, -0.05) is 41.9 Å². The van der Waals surface area contributed by atoms with E-state index >= 15 is 0 Å². The van der Waals surface area contributed by atoms with Gasteiger partial charge in [0.15, 0.2) is 0 Å². The van der Waals surface area contributed by atoms with Crippen LogP contribution in [0.5, 0.6) is 0 Å². The molecule has 0 fully saturated rings. The largest absolute Gasteiger partial charge is 0.320 e. The number of nitrogens with zero attached hydrogens (tertiary/aromatic N) is 2. The Labute approximate surface area is 168 Å². The highest BCUT2D eigenvalue weighted by Gasteiger charge is 2.49. The Morgan fingerprint density at radius 2 is 1.86 bits per heavy atom. The maximum absolute atomic E-state index is 13.3. The first-order valence-corrected chi connectivity index (χ1v) is 9.27. The Morgan fingerprint density at radius 3 is 2.57 bits per heavy atom. The zero-order valence-corrected chi connectivity index (χ0v) is 16.0. The standard InChI is InChI=1S/C22H18ClN3O2/c1-15-11-12-26-19(13-15)24-22(21(26)28,14-16-7-9-18(23)10-8-16)25-20(27)17-5-3-2-4-6-17/h2-13H,14H2,1H3,(H,25,27). The van der Waals surface area contributed by atoms with Gasteiger partial charge in [-0.05, 0) is 54.5 Å². The second-order valence-corrected chi connectivity index (χ2v) is 7.27. The third-order valence-electron chi connectivity index (χ3n) is 4.70. The van der Waals surface area contributed by atoms with E-state index in [0.717, 1.165) is 11.1 Å². The van der Waals surface area contributed by atoms with Crippen LogP contribution in [-0.4, -0.2) is 28.2 Å². The molecule has 1 unspecified atom stereocenters. The first kappa shape index (κ1) is 18.2. The zero-order valence-electron chi connectivity index (χ0n) is 15.2. The summed E-state index contributed by atoms with van der Waals surface area (Å²) in [6, 6.07) is 16.0. The molecule has 2 amide bonds. The van der Waals surface area contributed by atoms with Crippen molar-refractivity contribution in [2.45, 2.75) is 19.0 Å². The number of allylic oxidation sites excluding steroid dienone is 2. The number of hydrogen-bond acceptors (Lipinski definition) is 3. The molecule has 0 saturated heterocycles. The lowest BCUT2D eigenvalue weighted by molar-refractivity contribution is -0.130. The molecule has 0 radical (unpaired) electrons. The molecule has 6 heteroatoms. The van der Waals surface area contributed by atoms with Gasteiger partial charge in [0.1, 0.15) is 5.84 Å². The van der Waals surface area contributed by atoms with Crippen LogP contribution in [0.4, 0.5) is 0 Å². The fourth-order valence-corrected chi connectivity index (χ4v) is 3.40. The number of rotatable bonds is 4. The number of benzene rings is 2. The molecule has 4 rings (SSSR count). The van der Waals surface area contributed by atoms with Gasteiger partial charge in [0.2, 0.25) is 5.66 Å². The van der Waals surface area contributed by atoms with Gasteiger partial charge in [-0.25, -0.2) is 4.99 Å². The fourth-order valence-electron chi connectivity index (χ4n) is 3.28. The van der Waals surface area contributed by atoms with Crippen LogP contribution in [0, 0.1) is 0 Å². The van der Waals surface area contributed by atoms with Crippen molar-refractivity contribution in [3.63, 3.8) is 0 Å². The summed E-state index contributed by atoms with van der Waals surface area (Å²) in [6.45, 7) is 1.93. The van der Waals surface area contributed by atoms with E-state index in [1.165, 1.54) is 4.90 Å². The smallest absolute Gasteiger partial charge is 0.281 e. The molecular formula is C22H18ClN3O2. The van der Waals surface area contributed by atoms with Crippen LogP contribution in [0.3, 0.4) is 0 Å². The lowest BCUT2D eigenvalue weighted by Gasteiger charge is -2.27. The number of carbonyl (C=O) groups is 2. The molecule has 1 N–H and O–H groups in total. The second-order valence-electron chi connectivity index (χ2n) is 6.83. The highest BCUT2D eigenvalue weighted by molar-refractivity contribution is 6.30. The first-order valence-electron chi connectivity index (χ1n) is 8.89. The Morgan fingerprint density at radius 1 is 1.14 bits per heavy atom. The van der Waals surface area contributed by atoms with Crippen molar-refractivity contribution in [1.82, 2.24) is 10.2 Å². The quantitative estimate of drug-likeness (QED) is 0.863. The van der Waals surface area contributed by atoms with Crippen LogP contribution in [0.25, 0.3) is 0 Å². The SMILES string of the molecule is CC1=CC2=NC(Cc3ccc(Cl)cc3)(NC(=O)c3ccccc3)C(=O)N2C=C1. The number of nitrogens with one attached hydrogen (secondary N) is 1. The van der Waals surface area contributed by atoms with Crippen molar-refractivity contribution in [2.75, 3.05) is 0 Å². The number of carbonyl (C=O) groups excluding carboxylic acids is 2. The summed E-state index contributed by atoms with van der Waals surface area (Å²) < 4.78 is 0. The predicted octanol–water partition coefficient (Wildman–Crippen LogP) is 3.72. The van der Waals surface area contributed by atoms with Gasteiger partial charge in [0, 0.05) is 23.2 Å². The van der Waals surface area contributed by atoms with Crippen molar-refractivity contribution < 1.29 is 9.59 Å². The number of hydrogen-bond donors (Lipinski definition) is 1. The van der Waals surface area contributed by atoms with Crippen LogP contribution in [0.2, 0.25) is 5.02 Å². The average molecular weight is 392 g/mol. The summed E-state index contributed by atoms with van der Waals surface area (Å²) in [4.78, 5) is 32.3. The number of halogens is 1. The van der Waals surface area contributed by atoms with E-state index in [0.29, 0.717) is 16.4 Å². The van der Waals surface area contributed by atoms with Gasteiger partial charge < -0.3 is 5.32 Å². The Balaban J connectivity index is 1.73. The van der Waals surface area contributed by atoms with Crippen molar-refractivity contribution in [3.8, 4) is 0 Å². The van der Waals surface area contributed by atoms with Crippen LogP contribution in [0.15, 0.2) is 83.5 Å². The third-order valence-corrected chi connectivity index (χ3v) is 4.95. The molecule has 2 aliphatic heterocycles. The summed E-state index contributed by atoms with van der Waals surface area (Å²) >= 11 is 5.98. The van der Waals surface area contributed by atoms with Crippen molar-refractivity contribution in [3.05, 3.63) is 94.7 Å². The first-order chi connectivity index (χ1) is 13.5. The third kappa shape index (κ3) is 3.37. The van der Waals surface area contributed by atoms with Crippen molar-refractivity contribution in [2.24, 2.45) is 4.99 Å². The maximum Gasteiger partial charge on any atom is 0.281 e. The Bertz CT molecular complexity index is 1030. The summed E-state index contributed by atoms with van der Waals surface area (Å²) in [5.74, 6) is -0.120. The molecule has 2 heterocycles. The molecule has 5 nitrogen and oxygen atoms in total. The van der Waals surface area contributed by atoms with Crippen LogP contribution in [-0.2, 0) is 11.2 Å². The normalized spacial score (nSPS) is 20.5. The highest BCUT2D eigenvalue weighted by Crippen LogP contribution is 2.29.